The van der Waals surface area contributed by atoms with Crippen LogP contribution in [0.1, 0.15) is 11.1 Å². The molecule has 0 bridgehead atoms. The molecule has 5 heteroatoms. The van der Waals surface area contributed by atoms with Crippen molar-refractivity contribution in [1.82, 2.24) is 9.97 Å². The summed E-state index contributed by atoms with van der Waals surface area (Å²) in [5, 5.41) is 6.77. The molecule has 0 saturated heterocycles. The van der Waals surface area contributed by atoms with Crippen molar-refractivity contribution in [3.63, 3.8) is 0 Å². The number of fused-ring (bicyclic) bond motifs is 1. The highest BCUT2D eigenvalue weighted by Gasteiger charge is 2.15. The summed E-state index contributed by atoms with van der Waals surface area (Å²) in [6.07, 6.45) is 0. The Kier molecular flexibility index (Phi) is 4.15. The molecule has 0 saturated carbocycles. The molecule has 2 heterocycles. The molecule has 0 amide bonds. The zero-order valence-electron chi connectivity index (χ0n) is 13.9. The second-order valence-electron chi connectivity index (χ2n) is 6.03. The first kappa shape index (κ1) is 16.1. The van der Waals surface area contributed by atoms with Crippen molar-refractivity contribution in [3.8, 4) is 11.1 Å². The normalized spacial score (nSPS) is 11.0. The number of hydrogen-bond donors (Lipinski definition) is 1. The molecule has 4 aromatic rings. The Morgan fingerprint density at radius 3 is 2.52 bits per heavy atom. The molecular weight excluding hydrogens is 350 g/mol. The molecule has 0 radical (unpaired) electrons. The highest BCUT2D eigenvalue weighted by molar-refractivity contribution is 7.17. The third kappa shape index (κ3) is 3.23. The van der Waals surface area contributed by atoms with E-state index >= 15 is 0 Å². The summed E-state index contributed by atoms with van der Waals surface area (Å²) in [5.74, 6) is 0.734. The molecule has 1 N–H and O–H groups in total. The van der Waals surface area contributed by atoms with Gasteiger partial charge >= 0.3 is 0 Å². The van der Waals surface area contributed by atoms with Crippen molar-refractivity contribution in [2.75, 3.05) is 5.32 Å². The Morgan fingerprint density at radius 2 is 1.76 bits per heavy atom. The van der Waals surface area contributed by atoms with Gasteiger partial charge in [-0.3, -0.25) is 0 Å². The topological polar surface area (TPSA) is 37.8 Å². The van der Waals surface area contributed by atoms with Gasteiger partial charge in [-0.2, -0.15) is 4.98 Å². The first-order valence-electron chi connectivity index (χ1n) is 7.95. The molecule has 0 atom stereocenters. The standard InChI is InChI=1S/C20H16ClN3S/c1-12-6-8-14(9-7-12)16-11-25-19-17(16)18(23-20(21)24-19)22-15-5-3-4-13(2)10-15/h3-11H,1-2H3,(H,22,23,24). The first-order chi connectivity index (χ1) is 12.1. The highest BCUT2D eigenvalue weighted by atomic mass is 35.5. The lowest BCUT2D eigenvalue weighted by atomic mass is 10.0. The molecule has 0 aliphatic heterocycles. The number of thiophene rings is 1. The molecule has 0 aliphatic rings. The Balaban J connectivity index is 1.88. The van der Waals surface area contributed by atoms with Crippen molar-refractivity contribution in [2.45, 2.75) is 13.8 Å². The van der Waals surface area contributed by atoms with E-state index in [1.54, 1.807) is 11.3 Å². The van der Waals surface area contributed by atoms with E-state index < -0.39 is 0 Å². The van der Waals surface area contributed by atoms with Crippen LogP contribution < -0.4 is 5.32 Å². The van der Waals surface area contributed by atoms with E-state index in [1.165, 1.54) is 11.1 Å². The average Bonchev–Trinajstić information content (AvgIpc) is 2.99. The second kappa shape index (κ2) is 6.47. The summed E-state index contributed by atoms with van der Waals surface area (Å²) in [6.45, 7) is 4.15. The minimum Gasteiger partial charge on any atom is -0.340 e. The molecule has 25 heavy (non-hydrogen) atoms. The molecular formula is C20H16ClN3S. The molecule has 124 valence electrons. The van der Waals surface area contributed by atoms with E-state index in [9.17, 15) is 0 Å². The van der Waals surface area contributed by atoms with Gasteiger partial charge in [-0.15, -0.1) is 11.3 Å². The lowest BCUT2D eigenvalue weighted by molar-refractivity contribution is 1.23. The maximum atomic E-state index is 6.14. The van der Waals surface area contributed by atoms with Crippen LogP contribution in [0.15, 0.2) is 53.9 Å². The van der Waals surface area contributed by atoms with Gasteiger partial charge in [0, 0.05) is 16.6 Å². The number of benzene rings is 2. The van der Waals surface area contributed by atoms with Crippen molar-refractivity contribution in [3.05, 3.63) is 70.3 Å². The molecule has 0 fully saturated rings. The summed E-state index contributed by atoms with van der Waals surface area (Å²) in [5.41, 5.74) is 5.67. The van der Waals surface area contributed by atoms with Crippen LogP contribution in [0.25, 0.3) is 21.3 Å². The zero-order chi connectivity index (χ0) is 17.4. The van der Waals surface area contributed by atoms with Gasteiger partial charge < -0.3 is 5.32 Å². The van der Waals surface area contributed by atoms with E-state index in [0.29, 0.717) is 0 Å². The predicted molar refractivity (Wildman–Crippen MR) is 107 cm³/mol. The van der Waals surface area contributed by atoms with Crippen LogP contribution >= 0.6 is 22.9 Å². The molecule has 3 nitrogen and oxygen atoms in total. The zero-order valence-corrected chi connectivity index (χ0v) is 15.4. The van der Waals surface area contributed by atoms with E-state index in [1.807, 2.05) is 12.1 Å². The van der Waals surface area contributed by atoms with Gasteiger partial charge in [0.15, 0.2) is 0 Å². The second-order valence-corrected chi connectivity index (χ2v) is 7.23. The van der Waals surface area contributed by atoms with Gasteiger partial charge in [0.1, 0.15) is 10.6 Å². The maximum Gasteiger partial charge on any atom is 0.225 e. The van der Waals surface area contributed by atoms with E-state index in [0.717, 1.165) is 32.8 Å². The molecule has 2 aromatic carbocycles. The van der Waals surface area contributed by atoms with Crippen LogP contribution in [-0.2, 0) is 0 Å². The summed E-state index contributed by atoms with van der Waals surface area (Å²) < 4.78 is 0. The summed E-state index contributed by atoms with van der Waals surface area (Å²) in [7, 11) is 0. The fourth-order valence-electron chi connectivity index (χ4n) is 2.81. The summed E-state index contributed by atoms with van der Waals surface area (Å²) in [4.78, 5) is 9.72. The van der Waals surface area contributed by atoms with Gasteiger partial charge in [0.2, 0.25) is 5.28 Å². The van der Waals surface area contributed by atoms with Crippen molar-refractivity contribution in [1.29, 1.82) is 0 Å². The third-order valence-electron chi connectivity index (χ3n) is 4.05. The fraction of sp³-hybridized carbons (Fsp3) is 0.100. The third-order valence-corrected chi connectivity index (χ3v) is 5.09. The monoisotopic (exact) mass is 365 g/mol. The van der Waals surface area contributed by atoms with Crippen LogP contribution in [0.5, 0.6) is 0 Å². The number of aryl methyl sites for hydroxylation is 2. The minimum absolute atomic E-state index is 0.250. The van der Waals surface area contributed by atoms with Crippen LogP contribution in [-0.4, -0.2) is 9.97 Å². The lowest BCUT2D eigenvalue weighted by Crippen LogP contribution is -1.97. The molecule has 0 spiro atoms. The summed E-state index contributed by atoms with van der Waals surface area (Å²) >= 11 is 7.72. The van der Waals surface area contributed by atoms with Crippen LogP contribution in [0.3, 0.4) is 0 Å². The predicted octanol–water partition coefficient (Wildman–Crippen LogP) is 6.37. The average molecular weight is 366 g/mol. The van der Waals surface area contributed by atoms with Gasteiger partial charge in [0.25, 0.3) is 0 Å². The van der Waals surface area contributed by atoms with Crippen LogP contribution in [0.4, 0.5) is 11.5 Å². The van der Waals surface area contributed by atoms with E-state index in [4.69, 9.17) is 11.6 Å². The SMILES string of the molecule is Cc1ccc(-c2csc3nc(Cl)nc(Nc4cccc(C)c4)c23)cc1. The maximum absolute atomic E-state index is 6.14. The smallest absolute Gasteiger partial charge is 0.225 e. The van der Waals surface area contributed by atoms with Gasteiger partial charge in [-0.05, 0) is 48.7 Å². The van der Waals surface area contributed by atoms with Crippen molar-refractivity contribution >= 4 is 44.7 Å². The Morgan fingerprint density at radius 1 is 0.960 bits per heavy atom. The number of rotatable bonds is 3. The van der Waals surface area contributed by atoms with Crippen LogP contribution in [0.2, 0.25) is 5.28 Å². The number of nitrogens with one attached hydrogen (secondary N) is 1. The molecule has 0 unspecified atom stereocenters. The highest BCUT2D eigenvalue weighted by Crippen LogP contribution is 2.38. The number of aromatic nitrogens is 2. The van der Waals surface area contributed by atoms with Gasteiger partial charge in [-0.1, -0.05) is 42.0 Å². The largest absolute Gasteiger partial charge is 0.340 e. The number of anilines is 2. The Labute approximate surface area is 155 Å². The quantitative estimate of drug-likeness (QED) is 0.428. The molecule has 0 aliphatic carbocycles. The lowest BCUT2D eigenvalue weighted by Gasteiger charge is -2.10. The summed E-state index contributed by atoms with van der Waals surface area (Å²) in [6, 6.07) is 16.7. The fourth-order valence-corrected chi connectivity index (χ4v) is 3.98. The number of nitrogens with zero attached hydrogens (tertiary/aromatic N) is 2. The molecule has 2 aromatic heterocycles. The van der Waals surface area contributed by atoms with E-state index in [-0.39, 0.29) is 5.28 Å². The minimum atomic E-state index is 0.250. The van der Waals surface area contributed by atoms with Crippen molar-refractivity contribution in [2.24, 2.45) is 0 Å². The first-order valence-corrected chi connectivity index (χ1v) is 9.21. The van der Waals surface area contributed by atoms with E-state index in [2.05, 4.69) is 70.9 Å². The number of halogens is 1. The van der Waals surface area contributed by atoms with Crippen molar-refractivity contribution < 1.29 is 0 Å². The Bertz CT molecular complexity index is 1050. The van der Waals surface area contributed by atoms with Gasteiger partial charge in [0.05, 0.1) is 5.39 Å². The number of hydrogen-bond acceptors (Lipinski definition) is 4. The Hall–Kier alpha value is -2.43. The van der Waals surface area contributed by atoms with Gasteiger partial charge in [-0.25, -0.2) is 4.98 Å². The molecule has 4 rings (SSSR count). The van der Waals surface area contributed by atoms with Crippen LogP contribution in [0, 0.1) is 13.8 Å².